The highest BCUT2D eigenvalue weighted by Gasteiger charge is 2.06. The van der Waals surface area contributed by atoms with Crippen LogP contribution in [0.1, 0.15) is 15.9 Å². The van der Waals surface area contributed by atoms with Crippen LogP contribution >= 0.6 is 0 Å². The maximum atomic E-state index is 12.0. The van der Waals surface area contributed by atoms with E-state index in [-0.39, 0.29) is 18.4 Å². The number of amides is 2. The molecule has 0 aliphatic rings. The molecule has 0 saturated carbocycles. The fraction of sp³-hybridized carbons (Fsp3) is 0.467. The Bertz CT molecular complexity index is 474. The van der Waals surface area contributed by atoms with Crippen LogP contribution in [0.3, 0.4) is 0 Å². The molecule has 0 spiro atoms. The molecule has 0 fully saturated rings. The standard InChI is InChI=1S/C15H24N4O2/c1-16-11-14(20)18-10-12-5-4-6-13(9-12)15(21)17-7-8-19(2)3/h4-6,9,16H,7-8,10-11H2,1-3H3,(H,17,21)(H,18,20). The molecular formula is C15H24N4O2. The smallest absolute Gasteiger partial charge is 0.251 e. The minimum Gasteiger partial charge on any atom is -0.351 e. The van der Waals surface area contributed by atoms with Crippen molar-refractivity contribution in [2.24, 2.45) is 0 Å². The fourth-order valence-corrected chi connectivity index (χ4v) is 1.74. The molecular weight excluding hydrogens is 268 g/mol. The van der Waals surface area contributed by atoms with Gasteiger partial charge >= 0.3 is 0 Å². The molecule has 6 heteroatoms. The van der Waals surface area contributed by atoms with Gasteiger partial charge in [0.2, 0.25) is 5.91 Å². The molecule has 0 bridgehead atoms. The Morgan fingerprint density at radius 1 is 1.19 bits per heavy atom. The zero-order valence-electron chi connectivity index (χ0n) is 12.9. The predicted molar refractivity (Wildman–Crippen MR) is 83.1 cm³/mol. The Morgan fingerprint density at radius 2 is 1.95 bits per heavy atom. The molecule has 0 aromatic heterocycles. The van der Waals surface area contributed by atoms with E-state index < -0.39 is 0 Å². The number of benzene rings is 1. The predicted octanol–water partition coefficient (Wildman–Crippen LogP) is -0.186. The Morgan fingerprint density at radius 3 is 2.62 bits per heavy atom. The molecule has 0 unspecified atom stereocenters. The molecule has 0 radical (unpaired) electrons. The summed E-state index contributed by atoms with van der Waals surface area (Å²) >= 11 is 0. The van der Waals surface area contributed by atoms with Crippen molar-refractivity contribution < 1.29 is 9.59 Å². The summed E-state index contributed by atoms with van der Waals surface area (Å²) in [6.07, 6.45) is 0. The molecule has 116 valence electrons. The highest BCUT2D eigenvalue weighted by molar-refractivity contribution is 5.94. The van der Waals surface area contributed by atoms with E-state index in [0.29, 0.717) is 18.7 Å². The van der Waals surface area contributed by atoms with E-state index in [0.717, 1.165) is 12.1 Å². The molecule has 1 aromatic rings. The minimum absolute atomic E-state index is 0.0710. The maximum absolute atomic E-state index is 12.0. The molecule has 6 nitrogen and oxygen atoms in total. The molecule has 0 atom stereocenters. The van der Waals surface area contributed by atoms with E-state index in [1.54, 1.807) is 19.2 Å². The summed E-state index contributed by atoms with van der Waals surface area (Å²) in [7, 11) is 5.64. The van der Waals surface area contributed by atoms with Crippen molar-refractivity contribution in [2.75, 3.05) is 40.8 Å². The van der Waals surface area contributed by atoms with Crippen LogP contribution < -0.4 is 16.0 Å². The fourth-order valence-electron chi connectivity index (χ4n) is 1.74. The number of nitrogens with zero attached hydrogens (tertiary/aromatic N) is 1. The van der Waals surface area contributed by atoms with E-state index in [2.05, 4.69) is 16.0 Å². The Labute approximate surface area is 125 Å². The topological polar surface area (TPSA) is 73.5 Å². The number of likely N-dealkylation sites (N-methyl/N-ethyl adjacent to an activating group) is 2. The summed E-state index contributed by atoms with van der Waals surface area (Å²) in [5, 5.41) is 8.43. The Kier molecular flexibility index (Phi) is 7.42. The average Bonchev–Trinajstić information content (AvgIpc) is 2.45. The SMILES string of the molecule is CNCC(=O)NCc1cccc(C(=O)NCCN(C)C)c1. The molecule has 0 aliphatic carbocycles. The summed E-state index contributed by atoms with van der Waals surface area (Å²) in [4.78, 5) is 25.4. The first-order chi connectivity index (χ1) is 10.0. The number of carbonyl (C=O) groups excluding carboxylic acids is 2. The van der Waals surface area contributed by atoms with Gasteiger partial charge in [0.25, 0.3) is 5.91 Å². The summed E-state index contributed by atoms with van der Waals surface area (Å²) in [6.45, 7) is 2.10. The van der Waals surface area contributed by atoms with Gasteiger partial charge in [-0.25, -0.2) is 0 Å². The third-order valence-corrected chi connectivity index (χ3v) is 2.86. The molecule has 1 aromatic carbocycles. The summed E-state index contributed by atoms with van der Waals surface area (Å²) < 4.78 is 0. The summed E-state index contributed by atoms with van der Waals surface area (Å²) in [6, 6.07) is 7.27. The van der Waals surface area contributed by atoms with Gasteiger partial charge in [-0.15, -0.1) is 0 Å². The van der Waals surface area contributed by atoms with Crippen LogP contribution in [-0.4, -0.2) is 57.5 Å². The van der Waals surface area contributed by atoms with Crippen LogP contribution in [0.2, 0.25) is 0 Å². The molecule has 0 heterocycles. The molecule has 0 saturated heterocycles. The first-order valence-corrected chi connectivity index (χ1v) is 6.96. The van der Waals surface area contributed by atoms with Crippen molar-refractivity contribution >= 4 is 11.8 Å². The lowest BCUT2D eigenvalue weighted by Gasteiger charge is -2.11. The first kappa shape index (κ1) is 17.1. The molecule has 1 rings (SSSR count). The van der Waals surface area contributed by atoms with Gasteiger partial charge in [-0.2, -0.15) is 0 Å². The first-order valence-electron chi connectivity index (χ1n) is 6.96. The second kappa shape index (κ2) is 9.10. The second-order valence-corrected chi connectivity index (χ2v) is 5.07. The monoisotopic (exact) mass is 292 g/mol. The Hall–Kier alpha value is -1.92. The number of nitrogens with one attached hydrogen (secondary N) is 3. The summed E-state index contributed by atoms with van der Waals surface area (Å²) in [5.74, 6) is -0.168. The second-order valence-electron chi connectivity index (χ2n) is 5.07. The van der Waals surface area contributed by atoms with Crippen LogP contribution in [-0.2, 0) is 11.3 Å². The van der Waals surface area contributed by atoms with Gasteiger partial charge in [-0.3, -0.25) is 9.59 Å². The summed E-state index contributed by atoms with van der Waals surface area (Å²) in [5.41, 5.74) is 1.51. The highest BCUT2D eigenvalue weighted by Crippen LogP contribution is 2.05. The van der Waals surface area contributed by atoms with Crippen LogP contribution in [0, 0.1) is 0 Å². The molecule has 3 N–H and O–H groups in total. The van der Waals surface area contributed by atoms with Gasteiger partial charge < -0.3 is 20.9 Å². The maximum Gasteiger partial charge on any atom is 0.251 e. The van der Waals surface area contributed by atoms with Crippen LogP contribution in [0.25, 0.3) is 0 Å². The lowest BCUT2D eigenvalue weighted by molar-refractivity contribution is -0.120. The third kappa shape index (κ3) is 6.87. The number of hydrogen-bond acceptors (Lipinski definition) is 4. The van der Waals surface area contributed by atoms with Crippen LogP contribution in [0.5, 0.6) is 0 Å². The normalized spacial score (nSPS) is 10.5. The van der Waals surface area contributed by atoms with Gasteiger partial charge in [-0.1, -0.05) is 12.1 Å². The van der Waals surface area contributed by atoms with E-state index >= 15 is 0 Å². The third-order valence-electron chi connectivity index (χ3n) is 2.86. The molecule has 2 amide bonds. The van der Waals surface area contributed by atoms with E-state index in [4.69, 9.17) is 0 Å². The number of carbonyl (C=O) groups is 2. The van der Waals surface area contributed by atoms with Crippen molar-refractivity contribution in [2.45, 2.75) is 6.54 Å². The zero-order valence-corrected chi connectivity index (χ0v) is 12.9. The van der Waals surface area contributed by atoms with Crippen LogP contribution in [0.4, 0.5) is 0 Å². The van der Waals surface area contributed by atoms with Crippen LogP contribution in [0.15, 0.2) is 24.3 Å². The molecule has 21 heavy (non-hydrogen) atoms. The van der Waals surface area contributed by atoms with E-state index in [1.807, 2.05) is 31.1 Å². The van der Waals surface area contributed by atoms with Gasteiger partial charge in [0, 0.05) is 25.2 Å². The number of rotatable bonds is 8. The van der Waals surface area contributed by atoms with Crippen molar-refractivity contribution in [1.82, 2.24) is 20.9 Å². The minimum atomic E-state index is -0.0970. The quantitative estimate of drug-likeness (QED) is 0.621. The Balaban J connectivity index is 2.51. The molecule has 0 aliphatic heterocycles. The van der Waals surface area contributed by atoms with Gasteiger partial charge in [0.1, 0.15) is 0 Å². The van der Waals surface area contributed by atoms with E-state index in [1.165, 1.54) is 0 Å². The van der Waals surface area contributed by atoms with Crippen molar-refractivity contribution in [1.29, 1.82) is 0 Å². The lowest BCUT2D eigenvalue weighted by Crippen LogP contribution is -2.32. The van der Waals surface area contributed by atoms with Gasteiger partial charge in [0.15, 0.2) is 0 Å². The van der Waals surface area contributed by atoms with Crippen molar-refractivity contribution in [3.8, 4) is 0 Å². The van der Waals surface area contributed by atoms with Gasteiger partial charge in [-0.05, 0) is 38.8 Å². The highest BCUT2D eigenvalue weighted by atomic mass is 16.2. The van der Waals surface area contributed by atoms with Crippen molar-refractivity contribution in [3.05, 3.63) is 35.4 Å². The zero-order chi connectivity index (χ0) is 15.7. The van der Waals surface area contributed by atoms with Crippen molar-refractivity contribution in [3.63, 3.8) is 0 Å². The largest absolute Gasteiger partial charge is 0.351 e. The average molecular weight is 292 g/mol. The van der Waals surface area contributed by atoms with E-state index in [9.17, 15) is 9.59 Å². The van der Waals surface area contributed by atoms with Gasteiger partial charge in [0.05, 0.1) is 6.54 Å². The lowest BCUT2D eigenvalue weighted by atomic mass is 10.1. The number of hydrogen-bond donors (Lipinski definition) is 3.